The summed E-state index contributed by atoms with van der Waals surface area (Å²) in [5.74, 6) is -0.489. The molecule has 0 aromatic rings. The van der Waals surface area contributed by atoms with E-state index in [0.29, 0.717) is 12.0 Å². The molecule has 0 radical (unpaired) electrons. The first kappa shape index (κ1) is 12.9. The van der Waals surface area contributed by atoms with Crippen LogP contribution in [-0.2, 0) is 14.3 Å². The third-order valence-electron chi connectivity index (χ3n) is 4.70. The lowest BCUT2D eigenvalue weighted by atomic mass is 9.83. The first-order valence-electron chi connectivity index (χ1n) is 6.85. The zero-order chi connectivity index (χ0) is 13.8. The van der Waals surface area contributed by atoms with E-state index in [1.807, 2.05) is 6.92 Å². The van der Waals surface area contributed by atoms with Crippen LogP contribution >= 0.6 is 0 Å². The molecule has 1 aliphatic carbocycles. The number of aliphatic hydroxyl groups excluding tert-OH is 1. The Kier molecular flexibility index (Phi) is 2.84. The number of aliphatic hydroxyl groups is 1. The van der Waals surface area contributed by atoms with E-state index in [9.17, 15) is 9.90 Å². The van der Waals surface area contributed by atoms with Gasteiger partial charge in [-0.3, -0.25) is 0 Å². The Bertz CT molecular complexity index is 467. The van der Waals surface area contributed by atoms with Crippen molar-refractivity contribution in [1.82, 2.24) is 0 Å². The topological polar surface area (TPSA) is 59.1 Å². The van der Waals surface area contributed by atoms with E-state index in [2.05, 4.69) is 19.6 Å². The first-order valence-corrected chi connectivity index (χ1v) is 6.85. The predicted molar refractivity (Wildman–Crippen MR) is 69.4 cm³/mol. The van der Waals surface area contributed by atoms with Gasteiger partial charge in [0.2, 0.25) is 0 Å². The molecule has 0 spiro atoms. The van der Waals surface area contributed by atoms with Gasteiger partial charge in [0.1, 0.15) is 12.2 Å². The molecule has 0 bridgehead atoms. The van der Waals surface area contributed by atoms with Crippen molar-refractivity contribution in [2.75, 3.05) is 0 Å². The molecule has 4 nitrogen and oxygen atoms in total. The number of allylic oxidation sites excluding steroid dienone is 1. The van der Waals surface area contributed by atoms with Gasteiger partial charge in [-0.15, -0.1) is 0 Å². The Morgan fingerprint density at radius 3 is 3.00 bits per heavy atom. The molecular weight excluding hydrogens is 244 g/mol. The van der Waals surface area contributed by atoms with Crippen molar-refractivity contribution in [3.05, 3.63) is 23.8 Å². The van der Waals surface area contributed by atoms with Crippen LogP contribution in [0, 0.1) is 5.92 Å². The SMILES string of the molecule is C=C1C(=O)O[C@H]2[C@H]1C[C@@H](O)C(C)=CCC[C@@]1(C)O[C@@H]21. The van der Waals surface area contributed by atoms with Crippen LogP contribution in [0.25, 0.3) is 0 Å². The van der Waals surface area contributed by atoms with Crippen LogP contribution in [0.4, 0.5) is 0 Å². The van der Waals surface area contributed by atoms with E-state index < -0.39 is 6.10 Å². The molecule has 5 atom stereocenters. The van der Waals surface area contributed by atoms with Gasteiger partial charge in [0.15, 0.2) is 0 Å². The Balaban J connectivity index is 1.91. The summed E-state index contributed by atoms with van der Waals surface area (Å²) in [6.07, 6.45) is 3.42. The van der Waals surface area contributed by atoms with Gasteiger partial charge >= 0.3 is 5.97 Å². The molecule has 2 saturated heterocycles. The fourth-order valence-electron chi connectivity index (χ4n) is 3.20. The lowest BCUT2D eigenvalue weighted by molar-refractivity contribution is -0.140. The predicted octanol–water partition coefficient (Wildman–Crippen LogP) is 1.73. The molecule has 0 amide bonds. The van der Waals surface area contributed by atoms with Gasteiger partial charge in [-0.2, -0.15) is 0 Å². The molecule has 1 N–H and O–H groups in total. The number of fused-ring (bicyclic) bond motifs is 3. The molecule has 2 heterocycles. The van der Waals surface area contributed by atoms with Gasteiger partial charge in [-0.1, -0.05) is 12.7 Å². The summed E-state index contributed by atoms with van der Waals surface area (Å²) in [5, 5.41) is 10.2. The van der Waals surface area contributed by atoms with Crippen molar-refractivity contribution >= 4 is 5.97 Å². The zero-order valence-electron chi connectivity index (χ0n) is 11.4. The number of carbonyl (C=O) groups is 1. The molecule has 104 valence electrons. The first-order chi connectivity index (χ1) is 8.92. The summed E-state index contributed by atoms with van der Waals surface area (Å²) in [7, 11) is 0. The Labute approximate surface area is 113 Å². The largest absolute Gasteiger partial charge is 0.455 e. The molecule has 2 fully saturated rings. The monoisotopic (exact) mass is 264 g/mol. The van der Waals surface area contributed by atoms with Crippen LogP contribution in [-0.4, -0.2) is 35.0 Å². The van der Waals surface area contributed by atoms with Crippen LogP contribution in [0.2, 0.25) is 0 Å². The van der Waals surface area contributed by atoms with Crippen molar-refractivity contribution in [1.29, 1.82) is 0 Å². The summed E-state index contributed by atoms with van der Waals surface area (Å²) >= 11 is 0. The van der Waals surface area contributed by atoms with E-state index in [1.165, 1.54) is 0 Å². The molecule has 0 aromatic carbocycles. The maximum absolute atomic E-state index is 11.7. The zero-order valence-corrected chi connectivity index (χ0v) is 11.4. The highest BCUT2D eigenvalue weighted by Gasteiger charge is 2.61. The van der Waals surface area contributed by atoms with Gasteiger partial charge in [-0.25, -0.2) is 4.79 Å². The van der Waals surface area contributed by atoms with Crippen molar-refractivity contribution in [2.24, 2.45) is 5.92 Å². The molecule has 3 rings (SSSR count). The third-order valence-corrected chi connectivity index (χ3v) is 4.70. The minimum Gasteiger partial charge on any atom is -0.455 e. The lowest BCUT2D eigenvalue weighted by Gasteiger charge is -2.22. The van der Waals surface area contributed by atoms with Crippen molar-refractivity contribution in [3.63, 3.8) is 0 Å². The maximum Gasteiger partial charge on any atom is 0.334 e. The van der Waals surface area contributed by atoms with E-state index in [1.54, 1.807) is 0 Å². The molecule has 0 unspecified atom stereocenters. The summed E-state index contributed by atoms with van der Waals surface area (Å²) < 4.78 is 11.2. The van der Waals surface area contributed by atoms with Gasteiger partial charge < -0.3 is 14.6 Å². The quantitative estimate of drug-likeness (QED) is 0.313. The number of ether oxygens (including phenoxy) is 2. The fraction of sp³-hybridized carbons (Fsp3) is 0.667. The number of hydrogen-bond acceptors (Lipinski definition) is 4. The highest BCUT2D eigenvalue weighted by Crippen LogP contribution is 2.49. The molecular formula is C15H20O4. The average Bonchev–Trinajstić information content (AvgIpc) is 2.95. The van der Waals surface area contributed by atoms with E-state index in [4.69, 9.17) is 9.47 Å². The highest BCUT2D eigenvalue weighted by molar-refractivity contribution is 5.91. The summed E-state index contributed by atoms with van der Waals surface area (Å²) in [6, 6.07) is 0. The van der Waals surface area contributed by atoms with Crippen LogP contribution < -0.4 is 0 Å². The Hall–Kier alpha value is -1.13. The van der Waals surface area contributed by atoms with E-state index in [-0.39, 0.29) is 29.7 Å². The normalized spacial score (nSPS) is 45.9. The molecule has 0 saturated carbocycles. The lowest BCUT2D eigenvalue weighted by Crippen LogP contribution is -2.31. The van der Waals surface area contributed by atoms with Crippen LogP contribution in [0.15, 0.2) is 23.8 Å². The second-order valence-electron chi connectivity index (χ2n) is 6.09. The molecule has 19 heavy (non-hydrogen) atoms. The molecule has 2 aliphatic heterocycles. The Morgan fingerprint density at radius 2 is 2.26 bits per heavy atom. The van der Waals surface area contributed by atoms with Crippen LogP contribution in [0.1, 0.15) is 33.1 Å². The second kappa shape index (κ2) is 4.18. The summed E-state index contributed by atoms with van der Waals surface area (Å²) in [6.45, 7) is 7.81. The van der Waals surface area contributed by atoms with E-state index in [0.717, 1.165) is 18.4 Å². The highest BCUT2D eigenvalue weighted by atomic mass is 16.6. The standard InChI is InChI=1S/C15H20O4/c1-8-5-4-6-15(3)13(19-15)12-10(7-11(8)16)9(2)14(17)18-12/h5,10-13,16H,2,4,6-7H2,1,3H3/t10-,11+,12-,13-,15+/m0/s1. The summed E-state index contributed by atoms with van der Waals surface area (Å²) in [5.41, 5.74) is 1.22. The minimum absolute atomic E-state index is 0.0558. The van der Waals surface area contributed by atoms with Gasteiger partial charge in [0.05, 0.1) is 11.7 Å². The number of hydrogen-bond donors (Lipinski definition) is 1. The number of esters is 1. The van der Waals surface area contributed by atoms with Crippen LogP contribution in [0.3, 0.4) is 0 Å². The van der Waals surface area contributed by atoms with Gasteiger partial charge in [0, 0.05) is 11.5 Å². The number of carbonyl (C=O) groups excluding carboxylic acids is 1. The fourth-order valence-corrected chi connectivity index (χ4v) is 3.20. The van der Waals surface area contributed by atoms with Gasteiger partial charge in [-0.05, 0) is 38.7 Å². The minimum atomic E-state index is -0.540. The average molecular weight is 264 g/mol. The van der Waals surface area contributed by atoms with Crippen LogP contribution in [0.5, 0.6) is 0 Å². The van der Waals surface area contributed by atoms with Crippen molar-refractivity contribution in [3.8, 4) is 0 Å². The number of rotatable bonds is 0. The van der Waals surface area contributed by atoms with Crippen molar-refractivity contribution < 1.29 is 19.4 Å². The second-order valence-corrected chi connectivity index (χ2v) is 6.09. The Morgan fingerprint density at radius 1 is 1.53 bits per heavy atom. The maximum atomic E-state index is 11.7. The van der Waals surface area contributed by atoms with E-state index >= 15 is 0 Å². The smallest absolute Gasteiger partial charge is 0.334 e. The summed E-state index contributed by atoms with van der Waals surface area (Å²) in [4.78, 5) is 11.7. The van der Waals surface area contributed by atoms with Gasteiger partial charge in [0.25, 0.3) is 0 Å². The van der Waals surface area contributed by atoms with Crippen molar-refractivity contribution in [2.45, 2.75) is 57.0 Å². The third kappa shape index (κ3) is 2.03. The molecule has 3 aliphatic rings. The molecule has 0 aromatic heterocycles. The number of epoxide rings is 1. The molecule has 4 heteroatoms.